The highest BCUT2D eigenvalue weighted by atomic mass is 15.2. The molecular formula is C7H7N5. The highest BCUT2D eigenvalue weighted by Crippen LogP contribution is 2.02. The average molecular weight is 161 g/mol. The van der Waals surface area contributed by atoms with Crippen LogP contribution in [0, 0.1) is 5.41 Å². The second-order valence-corrected chi connectivity index (χ2v) is 2.38. The Morgan fingerprint density at radius 1 is 1.50 bits per heavy atom. The van der Waals surface area contributed by atoms with Crippen molar-refractivity contribution in [3.8, 4) is 0 Å². The van der Waals surface area contributed by atoms with Crippen LogP contribution >= 0.6 is 0 Å². The quantitative estimate of drug-likeness (QED) is 0.456. The van der Waals surface area contributed by atoms with Crippen LogP contribution in [0.2, 0.25) is 0 Å². The molecule has 0 spiro atoms. The summed E-state index contributed by atoms with van der Waals surface area (Å²) < 4.78 is 1.67. The van der Waals surface area contributed by atoms with E-state index in [9.17, 15) is 0 Å². The van der Waals surface area contributed by atoms with Gasteiger partial charge in [0, 0.05) is 0 Å². The normalized spacial score (nSPS) is 10.3. The second-order valence-electron chi connectivity index (χ2n) is 2.38. The summed E-state index contributed by atoms with van der Waals surface area (Å²) in [4.78, 5) is 0. The van der Waals surface area contributed by atoms with Crippen LogP contribution in [0.4, 0.5) is 0 Å². The zero-order valence-electron chi connectivity index (χ0n) is 6.23. The van der Waals surface area contributed by atoms with Crippen LogP contribution in [0.5, 0.6) is 0 Å². The molecule has 0 saturated heterocycles. The Kier molecular flexibility index (Phi) is 1.30. The molecule has 0 radical (unpaired) electrons. The maximum Gasteiger partial charge on any atom is 0.161 e. The molecule has 0 fully saturated rings. The number of aromatic nitrogens is 3. The number of nitrogens with zero attached hydrogens (tertiary/aromatic N) is 3. The molecule has 5 nitrogen and oxygen atoms in total. The van der Waals surface area contributed by atoms with Gasteiger partial charge >= 0.3 is 0 Å². The van der Waals surface area contributed by atoms with Gasteiger partial charge in [-0.1, -0.05) is 6.07 Å². The zero-order valence-corrected chi connectivity index (χ0v) is 6.23. The highest BCUT2D eigenvalue weighted by Gasteiger charge is 2.02. The third-order valence-corrected chi connectivity index (χ3v) is 1.61. The lowest BCUT2D eigenvalue weighted by Crippen LogP contribution is -2.14. The molecule has 0 aliphatic rings. The largest absolute Gasteiger partial charge is 0.382 e. The molecule has 2 heterocycles. The molecule has 0 bridgehead atoms. The van der Waals surface area contributed by atoms with Crippen LogP contribution < -0.4 is 5.73 Å². The number of fused-ring (bicyclic) bond motifs is 1. The molecule has 5 heteroatoms. The molecule has 60 valence electrons. The Balaban J connectivity index is 2.82. The van der Waals surface area contributed by atoms with Gasteiger partial charge in [0.1, 0.15) is 12.2 Å². The van der Waals surface area contributed by atoms with Crippen molar-refractivity contribution < 1.29 is 0 Å². The van der Waals surface area contributed by atoms with Crippen molar-refractivity contribution in [2.24, 2.45) is 5.73 Å². The summed E-state index contributed by atoms with van der Waals surface area (Å²) in [6.45, 7) is 0. The molecule has 2 aromatic rings. The minimum atomic E-state index is 0.0143. The molecule has 0 atom stereocenters. The van der Waals surface area contributed by atoms with Gasteiger partial charge in [-0.15, -0.1) is 10.2 Å². The first-order valence-corrected chi connectivity index (χ1v) is 3.42. The monoisotopic (exact) mass is 161 g/mol. The summed E-state index contributed by atoms with van der Waals surface area (Å²) in [5.74, 6) is 0.0143. The molecule has 0 amide bonds. The maximum absolute atomic E-state index is 7.26. The lowest BCUT2D eigenvalue weighted by Gasteiger charge is -1.99. The van der Waals surface area contributed by atoms with E-state index in [-0.39, 0.29) is 5.84 Å². The number of nitrogen functional groups attached to an aromatic ring is 1. The Labute approximate surface area is 68.3 Å². The summed E-state index contributed by atoms with van der Waals surface area (Å²) in [5, 5.41) is 14.8. The van der Waals surface area contributed by atoms with E-state index in [0.29, 0.717) is 11.3 Å². The van der Waals surface area contributed by atoms with E-state index in [4.69, 9.17) is 11.1 Å². The predicted molar refractivity (Wildman–Crippen MR) is 44.0 cm³/mol. The van der Waals surface area contributed by atoms with Crippen LogP contribution in [0.3, 0.4) is 0 Å². The Hall–Kier alpha value is -1.91. The van der Waals surface area contributed by atoms with Crippen LogP contribution in [0.1, 0.15) is 5.69 Å². The number of rotatable bonds is 1. The van der Waals surface area contributed by atoms with Crippen LogP contribution in [0.15, 0.2) is 24.5 Å². The summed E-state index contributed by atoms with van der Waals surface area (Å²) >= 11 is 0. The SMILES string of the molecule is N=C(N)c1cccc2nncn12. The Morgan fingerprint density at radius 2 is 2.33 bits per heavy atom. The summed E-state index contributed by atoms with van der Waals surface area (Å²) in [5.41, 5.74) is 6.65. The van der Waals surface area contributed by atoms with E-state index in [1.807, 2.05) is 0 Å². The lowest BCUT2D eigenvalue weighted by atomic mass is 10.3. The first-order valence-electron chi connectivity index (χ1n) is 3.42. The van der Waals surface area contributed by atoms with Crippen LogP contribution in [-0.2, 0) is 0 Å². The van der Waals surface area contributed by atoms with Gasteiger partial charge in [0.2, 0.25) is 0 Å². The molecule has 2 aromatic heterocycles. The van der Waals surface area contributed by atoms with Crippen molar-refractivity contribution in [3.05, 3.63) is 30.2 Å². The number of nitrogens with one attached hydrogen (secondary N) is 1. The van der Waals surface area contributed by atoms with Gasteiger partial charge in [-0.2, -0.15) is 0 Å². The van der Waals surface area contributed by atoms with Gasteiger partial charge in [0.25, 0.3) is 0 Å². The van der Waals surface area contributed by atoms with E-state index in [1.165, 1.54) is 6.33 Å². The molecule has 0 saturated carbocycles. The summed E-state index contributed by atoms with van der Waals surface area (Å²) in [6.07, 6.45) is 1.53. The highest BCUT2D eigenvalue weighted by molar-refractivity contribution is 5.93. The van der Waals surface area contributed by atoms with Gasteiger partial charge in [-0.25, -0.2) is 0 Å². The van der Waals surface area contributed by atoms with Crippen molar-refractivity contribution >= 4 is 11.5 Å². The number of nitrogens with two attached hydrogens (primary N) is 1. The van der Waals surface area contributed by atoms with Gasteiger partial charge < -0.3 is 5.73 Å². The van der Waals surface area contributed by atoms with Crippen molar-refractivity contribution in [1.82, 2.24) is 14.6 Å². The minimum Gasteiger partial charge on any atom is -0.382 e. The number of hydrogen-bond acceptors (Lipinski definition) is 3. The molecule has 0 aliphatic carbocycles. The Morgan fingerprint density at radius 3 is 3.08 bits per heavy atom. The second kappa shape index (κ2) is 2.30. The zero-order chi connectivity index (χ0) is 8.55. The molecule has 0 aromatic carbocycles. The Bertz CT molecular complexity index is 430. The lowest BCUT2D eigenvalue weighted by molar-refractivity contribution is 1.09. The van der Waals surface area contributed by atoms with E-state index in [0.717, 1.165) is 0 Å². The third-order valence-electron chi connectivity index (χ3n) is 1.61. The van der Waals surface area contributed by atoms with Crippen molar-refractivity contribution in [3.63, 3.8) is 0 Å². The first-order chi connectivity index (χ1) is 5.79. The van der Waals surface area contributed by atoms with Crippen molar-refractivity contribution in [1.29, 1.82) is 5.41 Å². The van der Waals surface area contributed by atoms with Gasteiger partial charge in [-0.05, 0) is 12.1 Å². The number of hydrogen-bond donors (Lipinski definition) is 2. The fourth-order valence-electron chi connectivity index (χ4n) is 1.07. The average Bonchev–Trinajstić information content (AvgIpc) is 2.49. The molecule has 0 unspecified atom stereocenters. The van der Waals surface area contributed by atoms with Crippen molar-refractivity contribution in [2.75, 3.05) is 0 Å². The predicted octanol–water partition coefficient (Wildman–Crippen LogP) is 0.0134. The first kappa shape index (κ1) is 6.78. The van der Waals surface area contributed by atoms with E-state index >= 15 is 0 Å². The molecule has 0 aliphatic heterocycles. The number of pyridine rings is 1. The van der Waals surface area contributed by atoms with E-state index < -0.39 is 0 Å². The van der Waals surface area contributed by atoms with Crippen LogP contribution in [0.25, 0.3) is 5.65 Å². The molecular weight excluding hydrogens is 154 g/mol. The van der Waals surface area contributed by atoms with Crippen molar-refractivity contribution in [2.45, 2.75) is 0 Å². The topological polar surface area (TPSA) is 80.1 Å². The number of amidine groups is 1. The molecule has 12 heavy (non-hydrogen) atoms. The van der Waals surface area contributed by atoms with Gasteiger partial charge in [0.05, 0.1) is 5.69 Å². The third kappa shape index (κ3) is 0.833. The summed E-state index contributed by atoms with van der Waals surface area (Å²) in [6, 6.07) is 5.35. The maximum atomic E-state index is 7.26. The molecule has 2 rings (SSSR count). The fraction of sp³-hybridized carbons (Fsp3) is 0. The van der Waals surface area contributed by atoms with Gasteiger partial charge in [0.15, 0.2) is 5.65 Å². The van der Waals surface area contributed by atoms with E-state index in [2.05, 4.69) is 10.2 Å². The standard InChI is InChI=1S/C7H7N5/c8-7(9)5-2-1-3-6-11-10-4-12(5)6/h1-4H,(H3,8,9). The van der Waals surface area contributed by atoms with E-state index in [1.54, 1.807) is 22.6 Å². The fourth-order valence-corrected chi connectivity index (χ4v) is 1.07. The molecule has 3 N–H and O–H groups in total. The van der Waals surface area contributed by atoms with Gasteiger partial charge in [-0.3, -0.25) is 9.81 Å². The summed E-state index contributed by atoms with van der Waals surface area (Å²) in [7, 11) is 0. The minimum absolute atomic E-state index is 0.0143. The van der Waals surface area contributed by atoms with Crippen LogP contribution in [-0.4, -0.2) is 20.4 Å². The smallest absolute Gasteiger partial charge is 0.161 e.